The number of likely N-dealkylation sites (tertiary alicyclic amines) is 1. The van der Waals surface area contributed by atoms with Crippen molar-refractivity contribution in [2.24, 2.45) is 0 Å². The summed E-state index contributed by atoms with van der Waals surface area (Å²) in [5, 5.41) is 7.03. The van der Waals surface area contributed by atoms with Crippen LogP contribution in [-0.2, 0) is 12.7 Å². The Hall–Kier alpha value is -3.20. The molecule has 9 heteroatoms. The van der Waals surface area contributed by atoms with Gasteiger partial charge in [-0.3, -0.25) is 9.69 Å². The van der Waals surface area contributed by atoms with Gasteiger partial charge in [-0.2, -0.15) is 18.3 Å². The van der Waals surface area contributed by atoms with Crippen molar-refractivity contribution in [3.05, 3.63) is 71.2 Å². The molecule has 0 atom stereocenters. The van der Waals surface area contributed by atoms with Crippen LogP contribution in [0.5, 0.6) is 0 Å². The second kappa shape index (κ2) is 9.12. The summed E-state index contributed by atoms with van der Waals surface area (Å²) in [6, 6.07) is 9.92. The first kappa shape index (κ1) is 22.0. The molecule has 6 nitrogen and oxygen atoms in total. The fraction of sp³-hybridized carbons (Fsp3) is 0.348. The van der Waals surface area contributed by atoms with Gasteiger partial charge in [-0.05, 0) is 62.7 Å². The quantitative estimate of drug-likeness (QED) is 0.613. The third-order valence-corrected chi connectivity index (χ3v) is 5.59. The fourth-order valence-electron chi connectivity index (χ4n) is 3.86. The summed E-state index contributed by atoms with van der Waals surface area (Å²) in [5.74, 6) is -0.131. The molecular weight excluding hydrogens is 419 g/mol. The third-order valence-electron chi connectivity index (χ3n) is 5.59. The molecule has 0 spiro atoms. The number of benzene rings is 1. The van der Waals surface area contributed by atoms with Crippen molar-refractivity contribution >= 4 is 11.6 Å². The van der Waals surface area contributed by atoms with Crippen LogP contribution < -0.4 is 5.32 Å². The molecule has 0 unspecified atom stereocenters. The van der Waals surface area contributed by atoms with E-state index in [9.17, 15) is 18.0 Å². The number of nitrogens with zero attached hydrogens (tertiary/aromatic N) is 4. The standard InChI is InChI=1S/C23H24F3N5O/c1-16-20(14-28-31(16)21-9-8-18(13-27-21)23(24,25)26)22(32)29-19-7-5-6-17(12-19)15-30-10-3-2-4-11-30/h5-9,12-14H,2-4,10-11,15H2,1H3,(H,29,32). The molecule has 1 fully saturated rings. The first-order valence-electron chi connectivity index (χ1n) is 10.5. The van der Waals surface area contributed by atoms with E-state index < -0.39 is 11.7 Å². The summed E-state index contributed by atoms with van der Waals surface area (Å²) in [5.41, 5.74) is 1.79. The predicted octanol–water partition coefficient (Wildman–Crippen LogP) is 4.83. The van der Waals surface area contributed by atoms with Crippen LogP contribution in [0.2, 0.25) is 0 Å². The van der Waals surface area contributed by atoms with Crippen molar-refractivity contribution in [2.75, 3.05) is 18.4 Å². The highest BCUT2D eigenvalue weighted by Gasteiger charge is 2.30. The van der Waals surface area contributed by atoms with Gasteiger partial charge in [0, 0.05) is 18.4 Å². The minimum Gasteiger partial charge on any atom is -0.322 e. The molecule has 2 aromatic heterocycles. The zero-order chi connectivity index (χ0) is 22.7. The van der Waals surface area contributed by atoms with Crippen molar-refractivity contribution in [3.8, 4) is 5.82 Å². The maximum absolute atomic E-state index is 12.8. The molecule has 1 aliphatic rings. The summed E-state index contributed by atoms with van der Waals surface area (Å²) >= 11 is 0. The van der Waals surface area contributed by atoms with Crippen molar-refractivity contribution < 1.29 is 18.0 Å². The van der Waals surface area contributed by atoms with Gasteiger partial charge in [0.05, 0.1) is 23.0 Å². The van der Waals surface area contributed by atoms with Crippen molar-refractivity contribution in [1.82, 2.24) is 19.7 Å². The maximum atomic E-state index is 12.8. The Morgan fingerprint density at radius 2 is 1.88 bits per heavy atom. The van der Waals surface area contributed by atoms with Gasteiger partial charge in [0.15, 0.2) is 5.82 Å². The summed E-state index contributed by atoms with van der Waals surface area (Å²) in [4.78, 5) is 19.1. The lowest BCUT2D eigenvalue weighted by Gasteiger charge is -2.26. The first-order chi connectivity index (χ1) is 15.3. The highest BCUT2D eigenvalue weighted by Crippen LogP contribution is 2.29. The van der Waals surface area contributed by atoms with Gasteiger partial charge < -0.3 is 5.32 Å². The molecule has 1 N–H and O–H groups in total. The number of pyridine rings is 1. The number of halogens is 3. The molecule has 0 radical (unpaired) electrons. The van der Waals surface area contributed by atoms with E-state index in [2.05, 4.69) is 20.3 Å². The van der Waals surface area contributed by atoms with Crippen LogP contribution in [0, 0.1) is 6.92 Å². The van der Waals surface area contributed by atoms with E-state index in [0.29, 0.717) is 16.9 Å². The number of nitrogens with one attached hydrogen (secondary N) is 1. The second-order valence-electron chi connectivity index (χ2n) is 7.95. The summed E-state index contributed by atoms with van der Waals surface area (Å²) in [7, 11) is 0. The van der Waals surface area contributed by atoms with E-state index in [1.165, 1.54) is 36.2 Å². The number of carbonyl (C=O) groups excluding carboxylic acids is 1. The molecule has 3 aromatic rings. The van der Waals surface area contributed by atoms with E-state index in [1.54, 1.807) is 6.92 Å². The van der Waals surface area contributed by atoms with Crippen molar-refractivity contribution in [2.45, 2.75) is 38.9 Å². The minimum atomic E-state index is -4.46. The Kier molecular flexibility index (Phi) is 6.27. The van der Waals surface area contributed by atoms with Crippen LogP contribution in [0.25, 0.3) is 5.82 Å². The largest absolute Gasteiger partial charge is 0.417 e. The van der Waals surface area contributed by atoms with Gasteiger partial charge in [0.2, 0.25) is 0 Å². The summed E-state index contributed by atoms with van der Waals surface area (Å²) in [6.07, 6.45) is 1.40. The number of hydrogen-bond donors (Lipinski definition) is 1. The number of anilines is 1. The maximum Gasteiger partial charge on any atom is 0.417 e. The van der Waals surface area contributed by atoms with E-state index >= 15 is 0 Å². The van der Waals surface area contributed by atoms with Gasteiger partial charge in [-0.1, -0.05) is 18.6 Å². The molecule has 3 heterocycles. The Morgan fingerprint density at radius 3 is 2.56 bits per heavy atom. The fourth-order valence-corrected chi connectivity index (χ4v) is 3.86. The molecule has 0 saturated carbocycles. The lowest BCUT2D eigenvalue weighted by atomic mass is 10.1. The zero-order valence-electron chi connectivity index (χ0n) is 17.7. The Balaban J connectivity index is 1.46. The smallest absolute Gasteiger partial charge is 0.322 e. The van der Waals surface area contributed by atoms with Crippen LogP contribution in [0.15, 0.2) is 48.8 Å². The number of rotatable bonds is 5. The second-order valence-corrected chi connectivity index (χ2v) is 7.95. The Labute approximate surface area is 184 Å². The zero-order valence-corrected chi connectivity index (χ0v) is 17.7. The average molecular weight is 443 g/mol. The lowest BCUT2D eigenvalue weighted by molar-refractivity contribution is -0.137. The molecular formula is C23H24F3N5O. The van der Waals surface area contributed by atoms with E-state index in [1.807, 2.05) is 24.3 Å². The molecule has 1 aliphatic heterocycles. The summed E-state index contributed by atoms with van der Waals surface area (Å²) < 4.78 is 39.6. The number of piperidine rings is 1. The molecule has 1 amide bonds. The van der Waals surface area contributed by atoms with E-state index in [-0.39, 0.29) is 11.7 Å². The SMILES string of the molecule is Cc1c(C(=O)Nc2cccc(CN3CCCCC3)c2)cnn1-c1ccc(C(F)(F)F)cn1. The molecule has 0 aliphatic carbocycles. The van der Waals surface area contributed by atoms with Crippen LogP contribution >= 0.6 is 0 Å². The molecule has 4 rings (SSSR count). The average Bonchev–Trinajstić information content (AvgIpc) is 3.15. The number of carbonyl (C=O) groups is 1. The van der Waals surface area contributed by atoms with Gasteiger partial charge in [-0.25, -0.2) is 9.67 Å². The first-order valence-corrected chi connectivity index (χ1v) is 10.5. The minimum absolute atomic E-state index is 0.207. The molecule has 32 heavy (non-hydrogen) atoms. The Bertz CT molecular complexity index is 1090. The van der Waals surface area contributed by atoms with E-state index in [4.69, 9.17) is 0 Å². The molecule has 168 valence electrons. The van der Waals surface area contributed by atoms with Crippen LogP contribution in [-0.4, -0.2) is 38.7 Å². The lowest BCUT2D eigenvalue weighted by Crippen LogP contribution is -2.29. The number of alkyl halides is 3. The monoisotopic (exact) mass is 443 g/mol. The normalized spacial score (nSPS) is 15.0. The predicted molar refractivity (Wildman–Crippen MR) is 115 cm³/mol. The number of aromatic nitrogens is 3. The van der Waals surface area contributed by atoms with Crippen LogP contribution in [0.3, 0.4) is 0 Å². The van der Waals surface area contributed by atoms with Crippen LogP contribution in [0.4, 0.5) is 18.9 Å². The number of hydrogen-bond acceptors (Lipinski definition) is 4. The Morgan fingerprint density at radius 1 is 1.09 bits per heavy atom. The molecule has 1 aromatic carbocycles. The topological polar surface area (TPSA) is 63.1 Å². The molecule has 1 saturated heterocycles. The number of amides is 1. The van der Waals surface area contributed by atoms with Crippen molar-refractivity contribution in [3.63, 3.8) is 0 Å². The van der Waals surface area contributed by atoms with Gasteiger partial charge in [-0.15, -0.1) is 0 Å². The molecule has 0 bridgehead atoms. The van der Waals surface area contributed by atoms with Gasteiger partial charge in [0.1, 0.15) is 0 Å². The van der Waals surface area contributed by atoms with Crippen molar-refractivity contribution in [1.29, 1.82) is 0 Å². The highest BCUT2D eigenvalue weighted by atomic mass is 19.4. The van der Waals surface area contributed by atoms with Crippen LogP contribution in [0.1, 0.15) is 46.4 Å². The van der Waals surface area contributed by atoms with Gasteiger partial charge in [0.25, 0.3) is 5.91 Å². The third kappa shape index (κ3) is 4.99. The highest BCUT2D eigenvalue weighted by molar-refractivity contribution is 6.05. The summed E-state index contributed by atoms with van der Waals surface area (Å²) in [6.45, 7) is 4.70. The van der Waals surface area contributed by atoms with E-state index in [0.717, 1.165) is 37.5 Å². The van der Waals surface area contributed by atoms with Gasteiger partial charge >= 0.3 is 6.18 Å².